The van der Waals surface area contributed by atoms with E-state index in [0.29, 0.717) is 42.7 Å². The Morgan fingerprint density at radius 1 is 0.966 bits per heavy atom. The molecule has 1 N–H and O–H groups in total. The van der Waals surface area contributed by atoms with Crippen LogP contribution in [0.25, 0.3) is 0 Å². The number of carbonyl (C=O) groups excluding carboxylic acids is 2. The van der Waals surface area contributed by atoms with Crippen LogP contribution in [0, 0.1) is 5.92 Å². The number of piperidine rings is 1. The molecule has 2 aromatic rings. The van der Waals surface area contributed by atoms with E-state index in [-0.39, 0.29) is 17.6 Å². The SMILES string of the molecule is CN(C)S(=O)(=O)N1CCC(C(=O)Nc2ccccc2C(=O)c2ccccc2)CC1. The topological polar surface area (TPSA) is 86.8 Å². The maximum Gasteiger partial charge on any atom is 0.281 e. The predicted molar refractivity (Wildman–Crippen MR) is 112 cm³/mol. The van der Waals surface area contributed by atoms with Gasteiger partial charge in [-0.2, -0.15) is 17.0 Å². The van der Waals surface area contributed by atoms with Crippen molar-refractivity contribution in [1.29, 1.82) is 0 Å². The number of rotatable bonds is 6. The third-order valence-electron chi connectivity index (χ3n) is 5.08. The van der Waals surface area contributed by atoms with Crippen molar-refractivity contribution < 1.29 is 18.0 Å². The zero-order valence-corrected chi connectivity index (χ0v) is 17.4. The number of para-hydroxylation sites is 1. The van der Waals surface area contributed by atoms with Crippen LogP contribution in [0.15, 0.2) is 54.6 Å². The van der Waals surface area contributed by atoms with Gasteiger partial charge in [-0.15, -0.1) is 0 Å². The molecule has 1 aliphatic rings. The average molecular weight is 416 g/mol. The molecule has 0 radical (unpaired) electrons. The van der Waals surface area contributed by atoms with Crippen molar-refractivity contribution in [3.05, 3.63) is 65.7 Å². The van der Waals surface area contributed by atoms with Gasteiger partial charge in [-0.25, -0.2) is 0 Å². The molecular weight excluding hydrogens is 390 g/mol. The Hall–Kier alpha value is -2.55. The fourth-order valence-corrected chi connectivity index (χ4v) is 4.48. The normalized spacial score (nSPS) is 16.0. The lowest BCUT2D eigenvalue weighted by Gasteiger charge is -2.32. The number of hydrogen-bond acceptors (Lipinski definition) is 4. The van der Waals surface area contributed by atoms with Gasteiger partial charge in [0.05, 0.1) is 5.69 Å². The summed E-state index contributed by atoms with van der Waals surface area (Å²) >= 11 is 0. The second-order valence-electron chi connectivity index (χ2n) is 7.19. The first-order valence-corrected chi connectivity index (χ1v) is 10.9. The molecular formula is C21H25N3O4S. The van der Waals surface area contributed by atoms with Crippen LogP contribution >= 0.6 is 0 Å². The fourth-order valence-electron chi connectivity index (χ4n) is 3.35. The van der Waals surface area contributed by atoms with E-state index in [9.17, 15) is 18.0 Å². The molecule has 0 spiro atoms. The molecule has 0 bridgehead atoms. The average Bonchev–Trinajstić information content (AvgIpc) is 2.74. The van der Waals surface area contributed by atoms with Crippen LogP contribution in [-0.4, -0.2) is 55.9 Å². The van der Waals surface area contributed by atoms with Crippen molar-refractivity contribution in [3.63, 3.8) is 0 Å². The summed E-state index contributed by atoms with van der Waals surface area (Å²) in [6.45, 7) is 0.590. The maximum atomic E-state index is 12.8. The standard InChI is InChI=1S/C21H25N3O4S/c1-23(2)29(27,28)24-14-12-17(13-15-24)21(26)22-19-11-7-6-10-18(19)20(25)16-8-4-3-5-9-16/h3-11,17H,12-15H2,1-2H3,(H,22,26). The first kappa shape index (κ1) is 21.2. The van der Waals surface area contributed by atoms with Gasteiger partial charge in [0.1, 0.15) is 0 Å². The van der Waals surface area contributed by atoms with E-state index < -0.39 is 10.2 Å². The Morgan fingerprint density at radius 2 is 1.55 bits per heavy atom. The fraction of sp³-hybridized carbons (Fsp3) is 0.333. The van der Waals surface area contributed by atoms with Crippen LogP contribution in [0.5, 0.6) is 0 Å². The number of anilines is 1. The van der Waals surface area contributed by atoms with Gasteiger partial charge in [0.2, 0.25) is 5.91 Å². The molecule has 0 aliphatic carbocycles. The minimum atomic E-state index is -3.47. The molecule has 154 valence electrons. The third kappa shape index (κ3) is 4.72. The second-order valence-corrected chi connectivity index (χ2v) is 9.34. The van der Waals surface area contributed by atoms with Gasteiger partial charge in [-0.3, -0.25) is 9.59 Å². The van der Waals surface area contributed by atoms with Gasteiger partial charge in [0, 0.05) is 44.2 Å². The predicted octanol–water partition coefficient (Wildman–Crippen LogP) is 2.37. The highest BCUT2D eigenvalue weighted by Crippen LogP contribution is 2.24. The van der Waals surface area contributed by atoms with Crippen LogP contribution in [0.3, 0.4) is 0 Å². The Balaban J connectivity index is 1.69. The molecule has 0 unspecified atom stereocenters. The zero-order valence-electron chi connectivity index (χ0n) is 16.5. The number of nitrogens with zero attached hydrogens (tertiary/aromatic N) is 2. The van der Waals surface area contributed by atoms with Crippen molar-refractivity contribution in [2.45, 2.75) is 12.8 Å². The van der Waals surface area contributed by atoms with E-state index in [1.807, 2.05) is 6.07 Å². The van der Waals surface area contributed by atoms with Gasteiger partial charge >= 0.3 is 0 Å². The third-order valence-corrected chi connectivity index (χ3v) is 7.02. The summed E-state index contributed by atoms with van der Waals surface area (Å²) in [5.41, 5.74) is 1.45. The van der Waals surface area contributed by atoms with Crippen molar-refractivity contribution in [3.8, 4) is 0 Å². The molecule has 1 aliphatic heterocycles. The van der Waals surface area contributed by atoms with E-state index in [1.54, 1.807) is 48.5 Å². The van der Waals surface area contributed by atoms with Crippen LogP contribution in [0.1, 0.15) is 28.8 Å². The van der Waals surface area contributed by atoms with E-state index in [4.69, 9.17) is 0 Å². The quantitative estimate of drug-likeness (QED) is 0.734. The van der Waals surface area contributed by atoms with Gasteiger partial charge in [0.15, 0.2) is 5.78 Å². The van der Waals surface area contributed by atoms with Crippen molar-refractivity contribution in [2.75, 3.05) is 32.5 Å². The Bertz CT molecular complexity index is 982. The molecule has 1 fully saturated rings. The molecule has 1 heterocycles. The lowest BCUT2D eigenvalue weighted by Crippen LogP contribution is -2.46. The van der Waals surface area contributed by atoms with Crippen LogP contribution < -0.4 is 5.32 Å². The van der Waals surface area contributed by atoms with Gasteiger partial charge < -0.3 is 5.32 Å². The Labute approximate surface area is 171 Å². The Morgan fingerprint density at radius 3 is 2.17 bits per heavy atom. The van der Waals surface area contributed by atoms with Gasteiger partial charge in [0.25, 0.3) is 10.2 Å². The maximum absolute atomic E-state index is 12.8. The first-order chi connectivity index (χ1) is 13.8. The summed E-state index contributed by atoms with van der Waals surface area (Å²) in [6, 6.07) is 15.8. The lowest BCUT2D eigenvalue weighted by molar-refractivity contribution is -0.120. The Kier molecular flexibility index (Phi) is 6.46. The van der Waals surface area contributed by atoms with E-state index >= 15 is 0 Å². The smallest absolute Gasteiger partial charge is 0.281 e. The number of benzene rings is 2. The van der Waals surface area contributed by atoms with Crippen LogP contribution in [-0.2, 0) is 15.0 Å². The molecule has 0 aromatic heterocycles. The number of amides is 1. The highest BCUT2D eigenvalue weighted by Gasteiger charge is 2.32. The second kappa shape index (κ2) is 8.86. The van der Waals surface area contributed by atoms with Crippen molar-refractivity contribution >= 4 is 27.6 Å². The molecule has 2 aromatic carbocycles. The summed E-state index contributed by atoms with van der Waals surface area (Å²) in [4.78, 5) is 25.6. The number of carbonyl (C=O) groups is 2. The minimum Gasteiger partial charge on any atom is -0.325 e. The number of nitrogens with one attached hydrogen (secondary N) is 1. The molecule has 8 heteroatoms. The molecule has 0 atom stereocenters. The highest BCUT2D eigenvalue weighted by molar-refractivity contribution is 7.86. The number of ketones is 1. The van der Waals surface area contributed by atoms with Gasteiger partial charge in [-0.05, 0) is 25.0 Å². The summed E-state index contributed by atoms with van der Waals surface area (Å²) in [5, 5.41) is 2.87. The van der Waals surface area contributed by atoms with E-state index in [0.717, 1.165) is 0 Å². The number of hydrogen-bond donors (Lipinski definition) is 1. The molecule has 1 saturated heterocycles. The lowest BCUT2D eigenvalue weighted by atomic mass is 9.96. The van der Waals surface area contributed by atoms with Crippen LogP contribution in [0.2, 0.25) is 0 Å². The first-order valence-electron chi connectivity index (χ1n) is 9.48. The van der Waals surface area contributed by atoms with Crippen molar-refractivity contribution in [1.82, 2.24) is 8.61 Å². The highest BCUT2D eigenvalue weighted by atomic mass is 32.2. The molecule has 1 amide bonds. The molecule has 0 saturated carbocycles. The molecule has 7 nitrogen and oxygen atoms in total. The molecule has 29 heavy (non-hydrogen) atoms. The summed E-state index contributed by atoms with van der Waals surface area (Å²) in [6.07, 6.45) is 0.876. The van der Waals surface area contributed by atoms with E-state index in [1.165, 1.54) is 22.7 Å². The monoisotopic (exact) mass is 415 g/mol. The largest absolute Gasteiger partial charge is 0.325 e. The summed E-state index contributed by atoms with van der Waals surface area (Å²) in [7, 11) is -0.477. The van der Waals surface area contributed by atoms with Crippen LogP contribution in [0.4, 0.5) is 5.69 Å². The molecule has 3 rings (SSSR count). The minimum absolute atomic E-state index is 0.159. The zero-order chi connectivity index (χ0) is 21.0. The van der Waals surface area contributed by atoms with Gasteiger partial charge in [-0.1, -0.05) is 42.5 Å². The summed E-state index contributed by atoms with van der Waals surface area (Å²) < 4.78 is 27.0. The van der Waals surface area contributed by atoms with E-state index in [2.05, 4.69) is 5.32 Å². The van der Waals surface area contributed by atoms with Crippen molar-refractivity contribution in [2.24, 2.45) is 5.92 Å². The summed E-state index contributed by atoms with van der Waals surface area (Å²) in [5.74, 6) is -0.655.